The van der Waals surface area contributed by atoms with E-state index in [4.69, 9.17) is 14.2 Å². The van der Waals surface area contributed by atoms with E-state index in [2.05, 4.69) is 16.9 Å². The summed E-state index contributed by atoms with van der Waals surface area (Å²) in [7, 11) is 0. The second kappa shape index (κ2) is 11.5. The Labute approximate surface area is 172 Å². The standard InChI is InChI=1S/C23H30N2O4/c1-2-3-4-5-6-7-14-27-20-16-24-22(25-17-20)18-10-12-19(13-11-18)29-23(26)21-9-8-15-28-21/h10-13,16-17,21H,2-9,14-15H2,1H3/t21-/m1/s1. The van der Waals surface area contributed by atoms with Crippen LogP contribution in [-0.2, 0) is 9.53 Å². The van der Waals surface area contributed by atoms with Crippen molar-refractivity contribution in [3.05, 3.63) is 36.7 Å². The lowest BCUT2D eigenvalue weighted by atomic mass is 10.1. The van der Waals surface area contributed by atoms with Crippen LogP contribution >= 0.6 is 0 Å². The number of nitrogens with zero attached hydrogens (tertiary/aromatic N) is 2. The first-order valence-electron chi connectivity index (χ1n) is 10.6. The number of hydrogen-bond acceptors (Lipinski definition) is 6. The van der Waals surface area contributed by atoms with Gasteiger partial charge in [-0.1, -0.05) is 39.0 Å². The summed E-state index contributed by atoms with van der Waals surface area (Å²) < 4.78 is 16.4. The van der Waals surface area contributed by atoms with Crippen molar-refractivity contribution in [1.82, 2.24) is 9.97 Å². The third-order valence-corrected chi connectivity index (χ3v) is 4.92. The van der Waals surface area contributed by atoms with Crippen LogP contribution < -0.4 is 9.47 Å². The molecule has 1 atom stereocenters. The summed E-state index contributed by atoms with van der Waals surface area (Å²) in [5.74, 6) is 1.45. The molecule has 0 saturated carbocycles. The highest BCUT2D eigenvalue weighted by atomic mass is 16.6. The molecular formula is C23H30N2O4. The van der Waals surface area contributed by atoms with E-state index in [0.717, 1.165) is 24.8 Å². The molecule has 1 fully saturated rings. The lowest BCUT2D eigenvalue weighted by molar-refractivity contribution is -0.144. The van der Waals surface area contributed by atoms with Crippen molar-refractivity contribution in [2.45, 2.75) is 64.4 Å². The first-order valence-corrected chi connectivity index (χ1v) is 10.6. The fourth-order valence-electron chi connectivity index (χ4n) is 3.23. The summed E-state index contributed by atoms with van der Waals surface area (Å²) in [6.07, 6.45) is 12.0. The van der Waals surface area contributed by atoms with Crippen molar-refractivity contribution in [1.29, 1.82) is 0 Å². The molecular weight excluding hydrogens is 368 g/mol. The first kappa shape index (κ1) is 21.2. The number of aromatic nitrogens is 2. The SMILES string of the molecule is CCCCCCCCOc1cnc(-c2ccc(OC(=O)[C@H]3CCCO3)cc2)nc1. The summed E-state index contributed by atoms with van der Waals surface area (Å²) in [6.45, 7) is 3.54. The second-order valence-corrected chi connectivity index (χ2v) is 7.31. The number of unbranched alkanes of at least 4 members (excludes halogenated alkanes) is 5. The second-order valence-electron chi connectivity index (χ2n) is 7.31. The molecule has 3 rings (SSSR count). The predicted molar refractivity (Wildman–Crippen MR) is 111 cm³/mol. The van der Waals surface area contributed by atoms with Crippen LogP contribution in [0.2, 0.25) is 0 Å². The van der Waals surface area contributed by atoms with Crippen molar-refractivity contribution < 1.29 is 19.0 Å². The number of hydrogen-bond donors (Lipinski definition) is 0. The molecule has 1 saturated heterocycles. The van der Waals surface area contributed by atoms with E-state index in [1.54, 1.807) is 24.5 Å². The zero-order valence-corrected chi connectivity index (χ0v) is 17.1. The Morgan fingerprint density at radius 1 is 1.03 bits per heavy atom. The van der Waals surface area contributed by atoms with Crippen LogP contribution in [0.5, 0.6) is 11.5 Å². The molecule has 156 valence electrons. The van der Waals surface area contributed by atoms with Crippen molar-refractivity contribution in [2.24, 2.45) is 0 Å². The van der Waals surface area contributed by atoms with Crippen molar-refractivity contribution >= 4 is 5.97 Å². The number of esters is 1. The van der Waals surface area contributed by atoms with Gasteiger partial charge in [-0.3, -0.25) is 0 Å². The Bertz CT molecular complexity index is 740. The molecule has 1 aliphatic rings. The molecule has 0 amide bonds. The maximum Gasteiger partial charge on any atom is 0.340 e. The average molecular weight is 399 g/mol. The lowest BCUT2D eigenvalue weighted by Gasteiger charge is -2.10. The van der Waals surface area contributed by atoms with Crippen LogP contribution in [0.15, 0.2) is 36.7 Å². The van der Waals surface area contributed by atoms with Crippen molar-refractivity contribution in [3.63, 3.8) is 0 Å². The van der Waals surface area contributed by atoms with E-state index in [-0.39, 0.29) is 5.97 Å². The zero-order valence-electron chi connectivity index (χ0n) is 17.1. The maximum atomic E-state index is 12.0. The van der Waals surface area contributed by atoms with Gasteiger partial charge in [0.1, 0.15) is 5.75 Å². The van der Waals surface area contributed by atoms with E-state index in [9.17, 15) is 4.79 Å². The van der Waals surface area contributed by atoms with E-state index < -0.39 is 6.10 Å². The maximum absolute atomic E-state index is 12.0. The summed E-state index contributed by atoms with van der Waals surface area (Å²) in [5.41, 5.74) is 0.851. The summed E-state index contributed by atoms with van der Waals surface area (Å²) in [6, 6.07) is 7.16. The molecule has 0 aliphatic carbocycles. The Balaban J connectivity index is 1.44. The van der Waals surface area contributed by atoms with Gasteiger partial charge in [-0.05, 0) is 43.5 Å². The average Bonchev–Trinajstić information content (AvgIpc) is 3.29. The van der Waals surface area contributed by atoms with Gasteiger partial charge in [0.25, 0.3) is 0 Å². The van der Waals surface area contributed by atoms with Crippen molar-refractivity contribution in [2.75, 3.05) is 13.2 Å². The largest absolute Gasteiger partial charge is 0.490 e. The van der Waals surface area contributed by atoms with Crippen molar-refractivity contribution in [3.8, 4) is 22.9 Å². The van der Waals surface area contributed by atoms with Gasteiger partial charge in [0.05, 0.1) is 19.0 Å². The van der Waals surface area contributed by atoms with Gasteiger partial charge in [0.2, 0.25) is 0 Å². The number of ether oxygens (including phenoxy) is 3. The normalized spacial score (nSPS) is 16.0. The van der Waals surface area contributed by atoms with Gasteiger partial charge < -0.3 is 14.2 Å². The Hall–Kier alpha value is -2.47. The van der Waals surface area contributed by atoms with E-state index in [1.165, 1.54) is 32.1 Å². The molecule has 0 radical (unpaired) electrons. The minimum atomic E-state index is -0.443. The Morgan fingerprint density at radius 3 is 2.45 bits per heavy atom. The minimum absolute atomic E-state index is 0.335. The van der Waals surface area contributed by atoms with Crippen LogP contribution in [0.1, 0.15) is 58.3 Å². The summed E-state index contributed by atoms with van der Waals surface area (Å²) in [4.78, 5) is 20.8. The van der Waals surface area contributed by atoms with Crippen LogP contribution in [0.4, 0.5) is 0 Å². The first-order chi connectivity index (χ1) is 14.3. The highest BCUT2D eigenvalue weighted by Crippen LogP contribution is 2.22. The fourth-order valence-corrected chi connectivity index (χ4v) is 3.23. The molecule has 29 heavy (non-hydrogen) atoms. The number of benzene rings is 1. The number of rotatable bonds is 11. The highest BCUT2D eigenvalue weighted by molar-refractivity contribution is 5.77. The molecule has 0 spiro atoms. The molecule has 0 unspecified atom stereocenters. The lowest BCUT2D eigenvalue weighted by Crippen LogP contribution is -2.24. The molecule has 2 heterocycles. The van der Waals surface area contributed by atoms with E-state index >= 15 is 0 Å². The molecule has 1 aliphatic heterocycles. The number of carbonyl (C=O) groups is 1. The van der Waals surface area contributed by atoms with Crippen LogP contribution in [0.25, 0.3) is 11.4 Å². The molecule has 2 aromatic rings. The summed E-state index contributed by atoms with van der Waals surface area (Å²) >= 11 is 0. The van der Waals surface area contributed by atoms with E-state index in [1.807, 2.05) is 12.1 Å². The van der Waals surface area contributed by atoms with Crippen LogP contribution in [0, 0.1) is 0 Å². The van der Waals surface area contributed by atoms with Gasteiger partial charge in [0, 0.05) is 12.2 Å². The van der Waals surface area contributed by atoms with Gasteiger partial charge >= 0.3 is 5.97 Å². The molecule has 0 bridgehead atoms. The smallest absolute Gasteiger partial charge is 0.340 e. The van der Waals surface area contributed by atoms with Gasteiger partial charge in [-0.2, -0.15) is 0 Å². The third kappa shape index (κ3) is 6.82. The molecule has 6 heteroatoms. The molecule has 6 nitrogen and oxygen atoms in total. The predicted octanol–water partition coefficient (Wildman–Crippen LogP) is 4.97. The summed E-state index contributed by atoms with van der Waals surface area (Å²) in [5, 5.41) is 0. The van der Waals surface area contributed by atoms with Gasteiger partial charge in [-0.15, -0.1) is 0 Å². The topological polar surface area (TPSA) is 70.5 Å². The monoisotopic (exact) mass is 398 g/mol. The number of carbonyl (C=O) groups excluding carboxylic acids is 1. The quantitative estimate of drug-likeness (QED) is 0.302. The van der Waals surface area contributed by atoms with Gasteiger partial charge in [-0.25, -0.2) is 14.8 Å². The zero-order chi connectivity index (χ0) is 20.3. The van der Waals surface area contributed by atoms with Gasteiger partial charge in [0.15, 0.2) is 17.7 Å². The third-order valence-electron chi connectivity index (χ3n) is 4.92. The fraction of sp³-hybridized carbons (Fsp3) is 0.522. The van der Waals surface area contributed by atoms with Crippen LogP contribution in [-0.4, -0.2) is 35.3 Å². The van der Waals surface area contributed by atoms with E-state index in [0.29, 0.717) is 30.5 Å². The minimum Gasteiger partial charge on any atom is -0.490 e. The van der Waals surface area contributed by atoms with Crippen LogP contribution in [0.3, 0.4) is 0 Å². The molecule has 1 aromatic heterocycles. The Morgan fingerprint density at radius 2 is 1.76 bits per heavy atom. The molecule has 0 N–H and O–H groups in total. The molecule has 1 aromatic carbocycles. The highest BCUT2D eigenvalue weighted by Gasteiger charge is 2.25. The Kier molecular flexibility index (Phi) is 8.43.